The molecule has 5 nitrogen and oxygen atoms in total. The highest BCUT2D eigenvalue weighted by molar-refractivity contribution is 5.46. The largest absolute Gasteiger partial charge is 0.370 e. The summed E-state index contributed by atoms with van der Waals surface area (Å²) in [6.45, 7) is 3.83. The van der Waals surface area contributed by atoms with E-state index in [0.717, 1.165) is 37.0 Å². The number of hydrogen-bond acceptors (Lipinski definition) is 4. The molecule has 0 atom stereocenters. The van der Waals surface area contributed by atoms with Crippen LogP contribution in [0, 0.1) is 0 Å². The predicted octanol–water partition coefficient (Wildman–Crippen LogP) is 2.27. The fourth-order valence-electron chi connectivity index (χ4n) is 1.83. The second-order valence-corrected chi connectivity index (χ2v) is 4.62. The number of imidazole rings is 1. The number of nitrogens with one attached hydrogen (secondary N) is 1. The van der Waals surface area contributed by atoms with Gasteiger partial charge in [0.1, 0.15) is 17.5 Å². The Balaban J connectivity index is 2.06. The summed E-state index contributed by atoms with van der Waals surface area (Å²) >= 11 is 0. The van der Waals surface area contributed by atoms with Crippen LogP contribution in [0.1, 0.15) is 19.2 Å². The van der Waals surface area contributed by atoms with Gasteiger partial charge in [0.25, 0.3) is 0 Å². The molecule has 2 aromatic heterocycles. The molecule has 0 aliphatic rings. The zero-order valence-corrected chi connectivity index (χ0v) is 11.8. The lowest BCUT2D eigenvalue weighted by atomic mass is 10.4. The van der Waals surface area contributed by atoms with Gasteiger partial charge in [-0.3, -0.25) is 0 Å². The van der Waals surface area contributed by atoms with E-state index in [-0.39, 0.29) is 0 Å². The topological polar surface area (TPSA) is 46.0 Å². The highest BCUT2D eigenvalue weighted by Gasteiger charge is 2.07. The quantitative estimate of drug-likeness (QED) is 0.864. The molecule has 2 heterocycles. The molecular formula is C14H21N5. The SMILES string of the molecule is CCCNc1cccc(N(C)Cc2nccn2C)n1. The molecule has 2 aromatic rings. The van der Waals surface area contributed by atoms with E-state index in [0.29, 0.717) is 0 Å². The Bertz CT molecular complexity index is 520. The van der Waals surface area contributed by atoms with Gasteiger partial charge in [0.2, 0.25) is 0 Å². The van der Waals surface area contributed by atoms with Crippen LogP contribution in [0.2, 0.25) is 0 Å². The van der Waals surface area contributed by atoms with Crippen molar-refractivity contribution in [3.8, 4) is 0 Å². The third kappa shape index (κ3) is 3.47. The first-order valence-corrected chi connectivity index (χ1v) is 6.59. The molecule has 0 spiro atoms. The van der Waals surface area contributed by atoms with Crippen LogP contribution in [0.25, 0.3) is 0 Å². The van der Waals surface area contributed by atoms with Crippen LogP contribution in [0.5, 0.6) is 0 Å². The predicted molar refractivity (Wildman–Crippen MR) is 78.3 cm³/mol. The van der Waals surface area contributed by atoms with Crippen LogP contribution >= 0.6 is 0 Å². The maximum Gasteiger partial charge on any atom is 0.131 e. The Morgan fingerprint density at radius 3 is 2.89 bits per heavy atom. The molecule has 5 heteroatoms. The number of aromatic nitrogens is 3. The number of nitrogens with zero attached hydrogens (tertiary/aromatic N) is 4. The van der Waals surface area contributed by atoms with Gasteiger partial charge in [0, 0.05) is 33.0 Å². The number of pyridine rings is 1. The van der Waals surface area contributed by atoms with Crippen molar-refractivity contribution in [2.45, 2.75) is 19.9 Å². The zero-order chi connectivity index (χ0) is 13.7. The van der Waals surface area contributed by atoms with Crippen molar-refractivity contribution in [3.05, 3.63) is 36.4 Å². The summed E-state index contributed by atoms with van der Waals surface area (Å²) in [5.74, 6) is 2.89. The highest BCUT2D eigenvalue weighted by Crippen LogP contribution is 2.14. The molecule has 0 saturated carbocycles. The van der Waals surface area contributed by atoms with Crippen molar-refractivity contribution in [3.63, 3.8) is 0 Å². The third-order valence-corrected chi connectivity index (χ3v) is 2.98. The Hall–Kier alpha value is -2.04. The molecule has 0 unspecified atom stereocenters. The Kier molecular flexibility index (Phi) is 4.39. The van der Waals surface area contributed by atoms with Crippen molar-refractivity contribution in [2.75, 3.05) is 23.8 Å². The molecule has 0 aliphatic carbocycles. The minimum Gasteiger partial charge on any atom is -0.370 e. The molecule has 102 valence electrons. The Morgan fingerprint density at radius 1 is 1.37 bits per heavy atom. The van der Waals surface area contributed by atoms with E-state index in [4.69, 9.17) is 0 Å². The third-order valence-electron chi connectivity index (χ3n) is 2.98. The fourth-order valence-corrected chi connectivity index (χ4v) is 1.83. The van der Waals surface area contributed by atoms with Gasteiger partial charge < -0.3 is 14.8 Å². The summed E-state index contributed by atoms with van der Waals surface area (Å²) in [4.78, 5) is 11.0. The number of aryl methyl sites for hydroxylation is 1. The minimum absolute atomic E-state index is 0.744. The lowest BCUT2D eigenvalue weighted by Crippen LogP contribution is -2.20. The number of anilines is 2. The normalized spacial score (nSPS) is 10.5. The molecule has 19 heavy (non-hydrogen) atoms. The van der Waals surface area contributed by atoms with E-state index in [1.54, 1.807) is 0 Å². The molecule has 0 amide bonds. The fraction of sp³-hybridized carbons (Fsp3) is 0.429. The van der Waals surface area contributed by atoms with Gasteiger partial charge in [-0.15, -0.1) is 0 Å². The minimum atomic E-state index is 0.744. The molecule has 0 fully saturated rings. The smallest absolute Gasteiger partial charge is 0.131 e. The Labute approximate surface area is 114 Å². The molecule has 0 saturated heterocycles. The summed E-state index contributed by atoms with van der Waals surface area (Å²) in [6.07, 6.45) is 4.86. The van der Waals surface area contributed by atoms with Crippen LogP contribution in [0.4, 0.5) is 11.6 Å². The first-order chi connectivity index (χ1) is 9.20. The van der Waals surface area contributed by atoms with Gasteiger partial charge in [0.15, 0.2) is 0 Å². The summed E-state index contributed by atoms with van der Waals surface area (Å²) in [5, 5.41) is 3.30. The molecular weight excluding hydrogens is 238 g/mol. The van der Waals surface area contributed by atoms with Gasteiger partial charge in [-0.1, -0.05) is 13.0 Å². The van der Waals surface area contributed by atoms with E-state index >= 15 is 0 Å². The summed E-state index contributed by atoms with van der Waals surface area (Å²) in [5.41, 5.74) is 0. The van der Waals surface area contributed by atoms with E-state index in [2.05, 4.69) is 27.1 Å². The van der Waals surface area contributed by atoms with E-state index in [9.17, 15) is 0 Å². The van der Waals surface area contributed by atoms with E-state index in [1.165, 1.54) is 0 Å². The average Bonchev–Trinajstić information content (AvgIpc) is 2.82. The summed E-state index contributed by atoms with van der Waals surface area (Å²) in [6, 6.07) is 6.03. The maximum atomic E-state index is 4.60. The van der Waals surface area contributed by atoms with Gasteiger partial charge in [-0.25, -0.2) is 9.97 Å². The maximum absolute atomic E-state index is 4.60. The molecule has 0 radical (unpaired) electrons. The zero-order valence-electron chi connectivity index (χ0n) is 11.8. The van der Waals surface area contributed by atoms with Gasteiger partial charge in [0.05, 0.1) is 6.54 Å². The van der Waals surface area contributed by atoms with Crippen molar-refractivity contribution in [1.29, 1.82) is 0 Å². The van der Waals surface area contributed by atoms with Crippen LogP contribution in [0.3, 0.4) is 0 Å². The molecule has 2 rings (SSSR count). The van der Waals surface area contributed by atoms with E-state index in [1.807, 2.05) is 49.3 Å². The number of rotatable bonds is 6. The van der Waals surface area contributed by atoms with Crippen LogP contribution in [-0.2, 0) is 13.6 Å². The van der Waals surface area contributed by atoms with Crippen molar-refractivity contribution < 1.29 is 0 Å². The standard InChI is InChI=1S/C14H21N5/c1-4-8-15-12-6-5-7-13(17-12)19(3)11-14-16-9-10-18(14)2/h5-7,9-10H,4,8,11H2,1-3H3,(H,15,17). The second kappa shape index (κ2) is 6.22. The monoisotopic (exact) mass is 259 g/mol. The van der Waals surface area contributed by atoms with Gasteiger partial charge in [-0.05, 0) is 18.6 Å². The first kappa shape index (κ1) is 13.4. The van der Waals surface area contributed by atoms with Crippen LogP contribution in [-0.4, -0.2) is 28.1 Å². The van der Waals surface area contributed by atoms with Crippen LogP contribution < -0.4 is 10.2 Å². The summed E-state index contributed by atoms with van der Waals surface area (Å²) in [7, 11) is 4.03. The summed E-state index contributed by atoms with van der Waals surface area (Å²) < 4.78 is 2.02. The van der Waals surface area contributed by atoms with Crippen molar-refractivity contribution in [2.24, 2.45) is 7.05 Å². The first-order valence-electron chi connectivity index (χ1n) is 6.59. The number of hydrogen-bond donors (Lipinski definition) is 1. The second-order valence-electron chi connectivity index (χ2n) is 4.62. The van der Waals surface area contributed by atoms with Gasteiger partial charge in [-0.2, -0.15) is 0 Å². The Morgan fingerprint density at radius 2 is 2.21 bits per heavy atom. The molecule has 1 N–H and O–H groups in total. The van der Waals surface area contributed by atoms with Crippen molar-refractivity contribution >= 4 is 11.6 Å². The lowest BCUT2D eigenvalue weighted by Gasteiger charge is -2.18. The van der Waals surface area contributed by atoms with Crippen molar-refractivity contribution in [1.82, 2.24) is 14.5 Å². The molecule has 0 aromatic carbocycles. The molecule has 0 bridgehead atoms. The van der Waals surface area contributed by atoms with Gasteiger partial charge >= 0.3 is 0 Å². The van der Waals surface area contributed by atoms with Crippen LogP contribution in [0.15, 0.2) is 30.6 Å². The lowest BCUT2D eigenvalue weighted by molar-refractivity contribution is 0.755. The highest BCUT2D eigenvalue weighted by atomic mass is 15.2. The van der Waals surface area contributed by atoms with E-state index < -0.39 is 0 Å². The average molecular weight is 259 g/mol. The molecule has 0 aliphatic heterocycles.